The van der Waals surface area contributed by atoms with Gasteiger partial charge in [-0.2, -0.15) is 9.61 Å². The molecule has 1 aliphatic carbocycles. The lowest BCUT2D eigenvalue weighted by molar-refractivity contribution is 0.289. The summed E-state index contributed by atoms with van der Waals surface area (Å²) in [4.78, 5) is 9.10. The third kappa shape index (κ3) is 2.19. The lowest BCUT2D eigenvalue weighted by Crippen LogP contribution is -2.16. The topological polar surface area (TPSA) is 70.1 Å². The van der Waals surface area contributed by atoms with Crippen LogP contribution in [-0.2, 0) is 0 Å². The highest BCUT2D eigenvalue weighted by Gasteiger charge is 2.21. The minimum absolute atomic E-state index is 0.247. The van der Waals surface area contributed by atoms with Crippen LogP contribution in [0.2, 0.25) is 5.28 Å². The predicted octanol–water partition coefficient (Wildman–Crippen LogP) is 3.53. The number of hydrogen-bond acceptors (Lipinski definition) is 5. The number of hydrogen-bond donors (Lipinski definition) is 0. The Balaban J connectivity index is 1.69. The number of aromatic nitrogens is 6. The molecule has 5 rings (SSSR count). The van der Waals surface area contributed by atoms with Gasteiger partial charge in [-0.05, 0) is 43.0 Å². The number of halogens is 1. The zero-order valence-corrected chi connectivity index (χ0v) is 14.3. The molecule has 0 bridgehead atoms. The van der Waals surface area contributed by atoms with Crippen LogP contribution in [0.4, 0.5) is 0 Å². The van der Waals surface area contributed by atoms with Gasteiger partial charge in [0.1, 0.15) is 11.3 Å². The van der Waals surface area contributed by atoms with Gasteiger partial charge in [-0.3, -0.25) is 4.68 Å². The minimum Gasteiger partial charge on any atom is -0.494 e. The molecular weight excluding hydrogens is 340 g/mol. The molecule has 1 fully saturated rings. The highest BCUT2D eigenvalue weighted by molar-refractivity contribution is 6.29. The molecule has 3 aromatic heterocycles. The maximum Gasteiger partial charge on any atom is 0.226 e. The molecule has 3 heterocycles. The lowest BCUT2D eigenvalue weighted by atomic mass is 9.93. The maximum atomic E-state index is 6.33. The van der Waals surface area contributed by atoms with Crippen molar-refractivity contribution in [3.63, 3.8) is 0 Å². The van der Waals surface area contributed by atoms with E-state index < -0.39 is 0 Å². The first-order valence-corrected chi connectivity index (χ1v) is 8.56. The Kier molecular flexibility index (Phi) is 3.18. The Morgan fingerprint density at radius 3 is 2.88 bits per heavy atom. The van der Waals surface area contributed by atoms with Gasteiger partial charge < -0.3 is 4.74 Å². The zero-order valence-electron chi connectivity index (χ0n) is 13.6. The van der Waals surface area contributed by atoms with E-state index in [1.165, 1.54) is 19.3 Å². The first-order valence-electron chi connectivity index (χ1n) is 8.18. The fraction of sp³-hybridized carbons (Fsp3) is 0.294. The molecule has 0 spiro atoms. The second kappa shape index (κ2) is 5.42. The van der Waals surface area contributed by atoms with E-state index in [4.69, 9.17) is 16.3 Å². The van der Waals surface area contributed by atoms with E-state index in [-0.39, 0.29) is 5.28 Å². The molecular formula is C17H15ClN6O. The molecule has 0 saturated heterocycles. The maximum absolute atomic E-state index is 6.33. The normalized spacial score (nSPS) is 15.0. The van der Waals surface area contributed by atoms with Gasteiger partial charge >= 0.3 is 0 Å². The van der Waals surface area contributed by atoms with Crippen LogP contribution in [0.1, 0.15) is 25.3 Å². The van der Waals surface area contributed by atoms with Crippen molar-refractivity contribution in [2.45, 2.75) is 25.3 Å². The molecule has 1 saturated carbocycles. The van der Waals surface area contributed by atoms with Crippen LogP contribution >= 0.6 is 11.6 Å². The third-order valence-corrected chi connectivity index (χ3v) is 5.00. The van der Waals surface area contributed by atoms with Crippen molar-refractivity contribution >= 4 is 28.2 Å². The number of benzene rings is 1. The summed E-state index contributed by atoms with van der Waals surface area (Å²) in [5.41, 5.74) is 2.20. The van der Waals surface area contributed by atoms with E-state index in [1.54, 1.807) is 17.8 Å². The molecule has 0 unspecified atom stereocenters. The number of para-hydroxylation sites is 1. The molecule has 7 nitrogen and oxygen atoms in total. The largest absolute Gasteiger partial charge is 0.494 e. The number of methoxy groups -OCH3 is 1. The van der Waals surface area contributed by atoms with E-state index in [9.17, 15) is 0 Å². The Hall–Kier alpha value is -2.67. The monoisotopic (exact) mass is 354 g/mol. The third-order valence-electron chi connectivity index (χ3n) is 4.75. The summed E-state index contributed by atoms with van der Waals surface area (Å²) >= 11 is 6.33. The summed E-state index contributed by atoms with van der Waals surface area (Å²) in [6.07, 6.45) is 7.43. The fourth-order valence-electron chi connectivity index (χ4n) is 3.16. The average Bonchev–Trinajstić information content (AvgIpc) is 3.20. The second-order valence-electron chi connectivity index (χ2n) is 6.20. The average molecular weight is 355 g/mol. The Morgan fingerprint density at radius 2 is 2.12 bits per heavy atom. The number of ether oxygens (including phenoxy) is 1. The standard InChI is InChI=1S/C17H15ClN6O/c1-25-13-7-3-6-12-14(13)20-17(18)24-16(12)21-15(22-24)10-8-19-23(9-10)11-4-2-5-11/h3,6-9,11H,2,4-5H2,1H3. The smallest absolute Gasteiger partial charge is 0.226 e. The molecule has 1 aliphatic rings. The van der Waals surface area contributed by atoms with Crippen molar-refractivity contribution in [1.29, 1.82) is 0 Å². The van der Waals surface area contributed by atoms with Crippen LogP contribution in [0, 0.1) is 0 Å². The summed E-state index contributed by atoms with van der Waals surface area (Å²) in [7, 11) is 1.61. The van der Waals surface area contributed by atoms with Crippen molar-refractivity contribution < 1.29 is 4.74 Å². The Morgan fingerprint density at radius 1 is 1.24 bits per heavy atom. The van der Waals surface area contributed by atoms with Gasteiger partial charge in [-0.25, -0.2) is 9.97 Å². The van der Waals surface area contributed by atoms with Crippen LogP contribution in [-0.4, -0.2) is 36.5 Å². The first-order chi connectivity index (χ1) is 12.2. The number of nitrogens with zero attached hydrogens (tertiary/aromatic N) is 6. The molecule has 8 heteroatoms. The van der Waals surface area contributed by atoms with Gasteiger partial charge in [-0.1, -0.05) is 6.07 Å². The number of fused-ring (bicyclic) bond motifs is 3. The summed E-state index contributed by atoms with van der Waals surface area (Å²) < 4.78 is 8.94. The Bertz CT molecular complexity index is 1100. The van der Waals surface area contributed by atoms with E-state index in [0.717, 1.165) is 10.9 Å². The molecule has 0 amide bonds. The van der Waals surface area contributed by atoms with E-state index in [2.05, 4.69) is 20.2 Å². The van der Waals surface area contributed by atoms with Gasteiger partial charge in [0.15, 0.2) is 11.5 Å². The van der Waals surface area contributed by atoms with Crippen molar-refractivity contribution in [3.8, 4) is 17.1 Å². The lowest BCUT2D eigenvalue weighted by Gasteiger charge is -2.25. The van der Waals surface area contributed by atoms with Crippen LogP contribution in [0.15, 0.2) is 30.6 Å². The zero-order chi connectivity index (χ0) is 17.0. The van der Waals surface area contributed by atoms with Gasteiger partial charge in [0.05, 0.1) is 24.9 Å². The molecule has 0 N–H and O–H groups in total. The summed E-state index contributed by atoms with van der Waals surface area (Å²) in [5.74, 6) is 1.24. The van der Waals surface area contributed by atoms with Gasteiger partial charge in [0.2, 0.25) is 5.28 Å². The van der Waals surface area contributed by atoms with E-state index >= 15 is 0 Å². The van der Waals surface area contributed by atoms with Gasteiger partial charge in [0, 0.05) is 11.6 Å². The summed E-state index contributed by atoms with van der Waals surface area (Å²) in [5, 5.41) is 10.1. The Labute approximate surface area is 148 Å². The molecule has 0 atom stereocenters. The van der Waals surface area contributed by atoms with Crippen LogP contribution in [0.25, 0.3) is 27.9 Å². The van der Waals surface area contributed by atoms with Gasteiger partial charge in [-0.15, -0.1) is 5.10 Å². The highest BCUT2D eigenvalue weighted by Crippen LogP contribution is 2.33. The quantitative estimate of drug-likeness (QED) is 0.526. The summed E-state index contributed by atoms with van der Waals surface area (Å²) in [6.45, 7) is 0. The highest BCUT2D eigenvalue weighted by atomic mass is 35.5. The predicted molar refractivity (Wildman–Crippen MR) is 94.0 cm³/mol. The summed E-state index contributed by atoms with van der Waals surface area (Å²) in [6, 6.07) is 6.19. The SMILES string of the molecule is COc1cccc2c1nc(Cl)n1nc(-c3cnn(C4CCC4)c3)nc21. The molecule has 1 aromatic carbocycles. The van der Waals surface area contributed by atoms with Crippen molar-refractivity contribution in [2.75, 3.05) is 7.11 Å². The van der Waals surface area contributed by atoms with E-state index in [1.807, 2.05) is 29.1 Å². The number of rotatable bonds is 3. The van der Waals surface area contributed by atoms with Crippen LogP contribution in [0.3, 0.4) is 0 Å². The first kappa shape index (κ1) is 14.7. The van der Waals surface area contributed by atoms with Crippen LogP contribution < -0.4 is 4.74 Å². The van der Waals surface area contributed by atoms with Crippen molar-refractivity contribution in [3.05, 3.63) is 35.9 Å². The second-order valence-corrected chi connectivity index (χ2v) is 6.54. The van der Waals surface area contributed by atoms with E-state index in [0.29, 0.717) is 28.8 Å². The molecule has 126 valence electrons. The minimum atomic E-state index is 0.247. The molecule has 25 heavy (non-hydrogen) atoms. The molecule has 0 radical (unpaired) electrons. The van der Waals surface area contributed by atoms with Crippen molar-refractivity contribution in [2.24, 2.45) is 0 Å². The molecule has 4 aromatic rings. The fourth-order valence-corrected chi connectivity index (χ4v) is 3.37. The molecule has 0 aliphatic heterocycles. The van der Waals surface area contributed by atoms with Gasteiger partial charge in [0.25, 0.3) is 0 Å². The van der Waals surface area contributed by atoms with Crippen LogP contribution in [0.5, 0.6) is 5.75 Å². The van der Waals surface area contributed by atoms with Crippen molar-refractivity contribution in [1.82, 2.24) is 29.4 Å².